The average molecular weight is 651 g/mol. The quantitative estimate of drug-likeness (QED) is 0.207. The van der Waals surface area contributed by atoms with E-state index in [1.807, 2.05) is 89.8 Å². The van der Waals surface area contributed by atoms with Crippen molar-refractivity contribution >= 4 is 17.5 Å². The number of amides is 2. The SMILES string of the molecule is COCC(=O)N1CCCN(C)CCN(C(=O)c2ccc(-c3cc(OC)ccc3OCc3ccccc3)nc2C(C)C)Cc2ccccc21. The lowest BCUT2D eigenvalue weighted by molar-refractivity contribution is -0.122. The van der Waals surface area contributed by atoms with Gasteiger partial charge in [0.25, 0.3) is 11.8 Å². The first-order chi connectivity index (χ1) is 23.3. The summed E-state index contributed by atoms with van der Waals surface area (Å²) in [7, 11) is 5.22. The van der Waals surface area contributed by atoms with Crippen LogP contribution in [0.4, 0.5) is 5.69 Å². The molecular formula is C39H46N4O5. The van der Waals surface area contributed by atoms with Crippen molar-refractivity contribution < 1.29 is 23.8 Å². The van der Waals surface area contributed by atoms with E-state index in [4.69, 9.17) is 19.2 Å². The molecule has 0 atom stereocenters. The standard InChI is InChI=1S/C39H46N4O5/c1-28(2)38-32(17-18-34(40-38)33-24-31(47-5)16-19-36(33)48-26-29-12-7-6-8-13-29)39(45)42-23-22-41(3)20-11-21-43(37(44)27-46-4)35-15-10-9-14-30(35)25-42/h6-10,12-19,24,28H,11,20-23,25-27H2,1-5H3. The number of nitrogens with zero attached hydrogens (tertiary/aromatic N) is 4. The van der Waals surface area contributed by atoms with Crippen molar-refractivity contribution in [3.63, 3.8) is 0 Å². The molecule has 48 heavy (non-hydrogen) atoms. The van der Waals surface area contributed by atoms with E-state index in [9.17, 15) is 9.59 Å². The first-order valence-corrected chi connectivity index (χ1v) is 16.5. The number of para-hydroxylation sites is 1. The van der Waals surface area contributed by atoms with Crippen LogP contribution in [0, 0.1) is 0 Å². The van der Waals surface area contributed by atoms with Crippen LogP contribution in [0.15, 0.2) is 84.9 Å². The Hall–Kier alpha value is -4.73. The largest absolute Gasteiger partial charge is 0.497 e. The van der Waals surface area contributed by atoms with Gasteiger partial charge in [-0.15, -0.1) is 0 Å². The van der Waals surface area contributed by atoms with Gasteiger partial charge in [0.15, 0.2) is 0 Å². The zero-order chi connectivity index (χ0) is 34.0. The predicted octanol–water partition coefficient (Wildman–Crippen LogP) is 6.42. The van der Waals surface area contributed by atoms with Crippen LogP contribution >= 0.6 is 0 Å². The zero-order valence-corrected chi connectivity index (χ0v) is 28.6. The highest BCUT2D eigenvalue weighted by atomic mass is 16.5. The Morgan fingerprint density at radius 3 is 2.40 bits per heavy atom. The number of methoxy groups -OCH3 is 2. The molecule has 0 bridgehead atoms. The summed E-state index contributed by atoms with van der Waals surface area (Å²) in [6.07, 6.45) is 0.804. The van der Waals surface area contributed by atoms with E-state index >= 15 is 0 Å². The third-order valence-corrected chi connectivity index (χ3v) is 8.57. The number of likely N-dealkylation sites (N-methyl/N-ethyl adjacent to an activating group) is 1. The molecule has 2 amide bonds. The average Bonchev–Trinajstić information content (AvgIpc) is 3.14. The van der Waals surface area contributed by atoms with E-state index < -0.39 is 0 Å². The third-order valence-electron chi connectivity index (χ3n) is 8.57. The minimum absolute atomic E-state index is 0.00508. The zero-order valence-electron chi connectivity index (χ0n) is 28.6. The van der Waals surface area contributed by atoms with Crippen LogP contribution in [-0.2, 0) is 22.7 Å². The molecule has 0 saturated carbocycles. The van der Waals surface area contributed by atoms with Crippen LogP contribution in [0.2, 0.25) is 0 Å². The van der Waals surface area contributed by atoms with Crippen molar-refractivity contribution in [1.82, 2.24) is 14.8 Å². The second-order valence-corrected chi connectivity index (χ2v) is 12.4. The Morgan fingerprint density at radius 1 is 0.875 bits per heavy atom. The summed E-state index contributed by atoms with van der Waals surface area (Å²) >= 11 is 0. The highest BCUT2D eigenvalue weighted by Crippen LogP contribution is 2.35. The summed E-state index contributed by atoms with van der Waals surface area (Å²) in [4.78, 5) is 38.6. The van der Waals surface area contributed by atoms with Crippen LogP contribution in [0.1, 0.15) is 53.4 Å². The lowest BCUT2D eigenvalue weighted by Gasteiger charge is -2.28. The molecular weight excluding hydrogens is 604 g/mol. The normalized spacial score (nSPS) is 14.3. The lowest BCUT2D eigenvalue weighted by atomic mass is 9.99. The maximum Gasteiger partial charge on any atom is 0.256 e. The molecule has 3 aromatic carbocycles. The van der Waals surface area contributed by atoms with Crippen LogP contribution in [-0.4, -0.2) is 80.7 Å². The summed E-state index contributed by atoms with van der Waals surface area (Å²) in [5, 5.41) is 0. The summed E-state index contributed by atoms with van der Waals surface area (Å²) in [6, 6.07) is 27.3. The molecule has 9 nitrogen and oxygen atoms in total. The van der Waals surface area contributed by atoms with E-state index in [0.29, 0.717) is 61.2 Å². The van der Waals surface area contributed by atoms with Gasteiger partial charge in [-0.3, -0.25) is 14.6 Å². The maximum atomic E-state index is 14.5. The highest BCUT2D eigenvalue weighted by molar-refractivity contribution is 5.97. The second kappa shape index (κ2) is 16.4. The minimum atomic E-state index is -0.101. The number of benzene rings is 3. The fourth-order valence-corrected chi connectivity index (χ4v) is 5.96. The molecule has 0 N–H and O–H groups in total. The molecule has 0 fully saturated rings. The van der Waals surface area contributed by atoms with E-state index in [2.05, 4.69) is 25.8 Å². The number of pyridine rings is 1. The molecule has 0 unspecified atom stereocenters. The van der Waals surface area contributed by atoms with Gasteiger partial charge >= 0.3 is 0 Å². The molecule has 9 heteroatoms. The Kier molecular flexibility index (Phi) is 11.8. The second-order valence-electron chi connectivity index (χ2n) is 12.4. The third kappa shape index (κ3) is 8.40. The molecule has 0 radical (unpaired) electrons. The summed E-state index contributed by atoms with van der Waals surface area (Å²) in [5.41, 5.74) is 5.54. The van der Waals surface area contributed by atoms with Gasteiger partial charge in [0.1, 0.15) is 24.7 Å². The van der Waals surface area contributed by atoms with Gasteiger partial charge in [-0.2, -0.15) is 0 Å². The Morgan fingerprint density at radius 2 is 1.65 bits per heavy atom. The number of fused-ring (bicyclic) bond motifs is 1. The molecule has 4 aromatic rings. The van der Waals surface area contributed by atoms with E-state index in [1.54, 1.807) is 12.0 Å². The van der Waals surface area contributed by atoms with Gasteiger partial charge < -0.3 is 28.9 Å². The van der Waals surface area contributed by atoms with Gasteiger partial charge in [0.2, 0.25) is 0 Å². The molecule has 0 spiro atoms. The van der Waals surface area contributed by atoms with Gasteiger partial charge in [-0.05, 0) is 73.5 Å². The number of rotatable bonds is 9. The molecule has 2 heterocycles. The molecule has 0 aliphatic carbocycles. The van der Waals surface area contributed by atoms with E-state index in [1.165, 1.54) is 7.11 Å². The van der Waals surface area contributed by atoms with E-state index in [-0.39, 0.29) is 24.3 Å². The number of anilines is 1. The van der Waals surface area contributed by atoms with Crippen LogP contribution < -0.4 is 14.4 Å². The fourth-order valence-electron chi connectivity index (χ4n) is 5.96. The molecule has 1 aromatic heterocycles. The summed E-state index contributed by atoms with van der Waals surface area (Å²) in [6.45, 7) is 7.46. The van der Waals surface area contributed by atoms with Crippen molar-refractivity contribution in [3.8, 4) is 22.8 Å². The van der Waals surface area contributed by atoms with E-state index in [0.717, 1.165) is 35.3 Å². The molecule has 1 aliphatic rings. The topological polar surface area (TPSA) is 84.4 Å². The smallest absolute Gasteiger partial charge is 0.256 e. The predicted molar refractivity (Wildman–Crippen MR) is 189 cm³/mol. The van der Waals surface area contributed by atoms with Crippen molar-refractivity contribution in [3.05, 3.63) is 107 Å². The summed E-state index contributed by atoms with van der Waals surface area (Å²) in [5.74, 6) is 1.15. The number of carbonyl (C=O) groups excluding carboxylic acids is 2. The van der Waals surface area contributed by atoms with Crippen molar-refractivity contribution in [2.75, 3.05) is 59.0 Å². The number of hydrogen-bond donors (Lipinski definition) is 0. The maximum absolute atomic E-state index is 14.5. The molecule has 0 saturated heterocycles. The first-order valence-electron chi connectivity index (χ1n) is 16.5. The molecule has 252 valence electrons. The van der Waals surface area contributed by atoms with Gasteiger partial charge in [0.05, 0.1) is 24.1 Å². The molecule has 1 aliphatic heterocycles. The number of ether oxygens (including phenoxy) is 3. The van der Waals surface area contributed by atoms with Crippen LogP contribution in [0.5, 0.6) is 11.5 Å². The van der Waals surface area contributed by atoms with Gasteiger partial charge in [0, 0.05) is 44.5 Å². The fraction of sp³-hybridized carbons (Fsp3) is 0.359. The van der Waals surface area contributed by atoms with Gasteiger partial charge in [-0.25, -0.2) is 0 Å². The number of aromatic nitrogens is 1. The van der Waals surface area contributed by atoms with Crippen molar-refractivity contribution in [2.24, 2.45) is 0 Å². The summed E-state index contributed by atoms with van der Waals surface area (Å²) < 4.78 is 17.0. The van der Waals surface area contributed by atoms with Crippen LogP contribution in [0.3, 0.4) is 0 Å². The lowest BCUT2D eigenvalue weighted by Crippen LogP contribution is -2.38. The minimum Gasteiger partial charge on any atom is -0.497 e. The van der Waals surface area contributed by atoms with Crippen LogP contribution in [0.25, 0.3) is 11.3 Å². The monoisotopic (exact) mass is 650 g/mol. The van der Waals surface area contributed by atoms with Gasteiger partial charge in [-0.1, -0.05) is 62.4 Å². The Balaban J connectivity index is 1.50. The highest BCUT2D eigenvalue weighted by Gasteiger charge is 2.26. The number of hydrogen-bond acceptors (Lipinski definition) is 7. The first kappa shape index (κ1) is 34.6. The Bertz CT molecular complexity index is 1690. The molecule has 5 rings (SSSR count). The Labute approximate surface area is 284 Å². The van der Waals surface area contributed by atoms with Crippen molar-refractivity contribution in [1.29, 1.82) is 0 Å². The van der Waals surface area contributed by atoms with Crippen molar-refractivity contribution in [2.45, 2.75) is 39.3 Å². The number of carbonyl (C=O) groups is 2.